The molecule has 0 bridgehead atoms. The quantitative estimate of drug-likeness (QED) is 0.309. The van der Waals surface area contributed by atoms with Gasteiger partial charge in [0.2, 0.25) is 0 Å². The minimum Gasteiger partial charge on any atom is -0.478 e. The van der Waals surface area contributed by atoms with Gasteiger partial charge in [0.05, 0.1) is 11.1 Å². The van der Waals surface area contributed by atoms with E-state index in [0.717, 1.165) is 30.7 Å². The SMILES string of the molecule is O=C(O)c1ccc(Sc2ccc(-c3ccc(Sc4ccc(C(=O)O)cc4)cc3)cc2)cc1. The highest BCUT2D eigenvalue weighted by atomic mass is 32.2. The summed E-state index contributed by atoms with van der Waals surface area (Å²) in [5.41, 5.74) is 2.78. The summed E-state index contributed by atoms with van der Waals surface area (Å²) >= 11 is 3.17. The van der Waals surface area contributed by atoms with Gasteiger partial charge >= 0.3 is 11.9 Å². The largest absolute Gasteiger partial charge is 0.478 e. The predicted molar refractivity (Wildman–Crippen MR) is 127 cm³/mol. The lowest BCUT2D eigenvalue weighted by atomic mass is 10.1. The van der Waals surface area contributed by atoms with Crippen LogP contribution < -0.4 is 0 Å². The molecule has 2 N–H and O–H groups in total. The fourth-order valence-corrected chi connectivity index (χ4v) is 4.67. The maximum atomic E-state index is 11.0. The van der Waals surface area contributed by atoms with Crippen molar-refractivity contribution in [1.82, 2.24) is 0 Å². The van der Waals surface area contributed by atoms with Crippen molar-refractivity contribution in [2.75, 3.05) is 0 Å². The Morgan fingerprint density at radius 2 is 0.688 bits per heavy atom. The molecule has 0 amide bonds. The summed E-state index contributed by atoms with van der Waals surface area (Å²) < 4.78 is 0. The Kier molecular flexibility index (Phi) is 6.63. The molecule has 0 unspecified atom stereocenters. The van der Waals surface area contributed by atoms with E-state index in [1.54, 1.807) is 47.8 Å². The van der Waals surface area contributed by atoms with Crippen LogP contribution in [-0.2, 0) is 0 Å². The fraction of sp³-hybridized carbons (Fsp3) is 0. The number of hydrogen-bond acceptors (Lipinski definition) is 4. The minimum atomic E-state index is -0.925. The van der Waals surface area contributed by atoms with Crippen molar-refractivity contribution in [1.29, 1.82) is 0 Å². The van der Waals surface area contributed by atoms with E-state index in [4.69, 9.17) is 10.2 Å². The minimum absolute atomic E-state index is 0.281. The number of aromatic carboxylic acids is 2. The molecule has 0 saturated carbocycles. The van der Waals surface area contributed by atoms with Gasteiger partial charge in [-0.15, -0.1) is 0 Å². The van der Waals surface area contributed by atoms with Gasteiger partial charge < -0.3 is 10.2 Å². The second-order valence-corrected chi connectivity index (χ2v) is 9.21. The lowest BCUT2D eigenvalue weighted by Crippen LogP contribution is -1.94. The van der Waals surface area contributed by atoms with Gasteiger partial charge in [-0.1, -0.05) is 47.8 Å². The molecule has 4 aromatic rings. The van der Waals surface area contributed by atoms with Gasteiger partial charge in [-0.25, -0.2) is 9.59 Å². The van der Waals surface area contributed by atoms with Crippen molar-refractivity contribution < 1.29 is 19.8 Å². The summed E-state index contributed by atoms with van der Waals surface area (Å²) in [6.07, 6.45) is 0. The molecule has 0 fully saturated rings. The first-order valence-electron chi connectivity index (χ1n) is 9.71. The summed E-state index contributed by atoms with van der Waals surface area (Å²) in [6.45, 7) is 0. The first kappa shape index (κ1) is 21.7. The highest BCUT2D eigenvalue weighted by molar-refractivity contribution is 7.99. The van der Waals surface area contributed by atoms with Crippen LogP contribution in [0.15, 0.2) is 117 Å². The molecule has 4 aromatic carbocycles. The number of hydrogen-bond donors (Lipinski definition) is 2. The average molecular weight is 459 g/mol. The van der Waals surface area contributed by atoms with Gasteiger partial charge in [-0.05, 0) is 83.9 Å². The molecular weight excluding hydrogens is 440 g/mol. The lowest BCUT2D eigenvalue weighted by Gasteiger charge is -2.07. The molecule has 0 heterocycles. The van der Waals surface area contributed by atoms with E-state index in [9.17, 15) is 9.59 Å². The number of carboxylic acids is 2. The third-order valence-electron chi connectivity index (χ3n) is 4.72. The fourth-order valence-electron chi connectivity index (χ4n) is 3.03. The van der Waals surface area contributed by atoms with Crippen molar-refractivity contribution in [3.63, 3.8) is 0 Å². The van der Waals surface area contributed by atoms with E-state index in [1.165, 1.54) is 0 Å². The summed E-state index contributed by atoms with van der Waals surface area (Å²) in [5, 5.41) is 18.0. The molecule has 0 atom stereocenters. The molecule has 0 spiro atoms. The van der Waals surface area contributed by atoms with Crippen molar-refractivity contribution in [3.8, 4) is 11.1 Å². The maximum absolute atomic E-state index is 11.0. The monoisotopic (exact) mass is 458 g/mol. The van der Waals surface area contributed by atoms with Crippen LogP contribution in [0, 0.1) is 0 Å². The molecule has 4 rings (SSSR count). The zero-order valence-electron chi connectivity index (χ0n) is 16.8. The molecule has 0 aliphatic carbocycles. The third kappa shape index (κ3) is 5.41. The van der Waals surface area contributed by atoms with Crippen molar-refractivity contribution in [2.24, 2.45) is 0 Å². The topological polar surface area (TPSA) is 74.6 Å². The van der Waals surface area contributed by atoms with Crippen molar-refractivity contribution in [2.45, 2.75) is 19.6 Å². The lowest BCUT2D eigenvalue weighted by molar-refractivity contribution is 0.0686. The van der Waals surface area contributed by atoms with Crippen LogP contribution in [0.1, 0.15) is 20.7 Å². The Bertz CT molecular complexity index is 1130. The second kappa shape index (κ2) is 9.77. The molecule has 4 nitrogen and oxygen atoms in total. The summed E-state index contributed by atoms with van der Waals surface area (Å²) in [7, 11) is 0. The van der Waals surface area contributed by atoms with E-state index in [0.29, 0.717) is 0 Å². The molecule has 0 aromatic heterocycles. The average Bonchev–Trinajstić information content (AvgIpc) is 2.81. The zero-order valence-corrected chi connectivity index (χ0v) is 18.4. The highest BCUT2D eigenvalue weighted by Crippen LogP contribution is 2.32. The van der Waals surface area contributed by atoms with Gasteiger partial charge in [0, 0.05) is 19.6 Å². The highest BCUT2D eigenvalue weighted by Gasteiger charge is 2.05. The van der Waals surface area contributed by atoms with Crippen LogP contribution in [0.4, 0.5) is 0 Å². The van der Waals surface area contributed by atoms with E-state index in [2.05, 4.69) is 48.5 Å². The van der Waals surface area contributed by atoms with Crippen LogP contribution in [0.3, 0.4) is 0 Å². The predicted octanol–water partition coefficient (Wildman–Crippen LogP) is 7.05. The molecule has 0 aliphatic heterocycles. The zero-order chi connectivity index (χ0) is 22.5. The molecule has 0 aliphatic rings. The van der Waals surface area contributed by atoms with E-state index >= 15 is 0 Å². The molecular formula is C26H18O4S2. The Balaban J connectivity index is 1.40. The number of carboxylic acid groups (broad SMARTS) is 2. The second-order valence-electron chi connectivity index (χ2n) is 6.91. The van der Waals surface area contributed by atoms with Gasteiger partial charge in [0.15, 0.2) is 0 Å². The number of rotatable bonds is 7. The van der Waals surface area contributed by atoms with E-state index in [1.807, 2.05) is 24.3 Å². The van der Waals surface area contributed by atoms with Gasteiger partial charge in [0.25, 0.3) is 0 Å². The summed E-state index contributed by atoms with van der Waals surface area (Å²) in [5.74, 6) is -1.85. The molecule has 6 heteroatoms. The van der Waals surface area contributed by atoms with E-state index < -0.39 is 11.9 Å². The van der Waals surface area contributed by atoms with Crippen LogP contribution >= 0.6 is 23.5 Å². The molecule has 158 valence electrons. The van der Waals surface area contributed by atoms with Gasteiger partial charge in [-0.2, -0.15) is 0 Å². The van der Waals surface area contributed by atoms with E-state index in [-0.39, 0.29) is 11.1 Å². The normalized spacial score (nSPS) is 10.6. The van der Waals surface area contributed by atoms with Gasteiger partial charge in [0.1, 0.15) is 0 Å². The van der Waals surface area contributed by atoms with Crippen molar-refractivity contribution in [3.05, 3.63) is 108 Å². The van der Waals surface area contributed by atoms with Crippen molar-refractivity contribution >= 4 is 35.5 Å². The Morgan fingerprint density at radius 3 is 0.938 bits per heavy atom. The Morgan fingerprint density at radius 1 is 0.438 bits per heavy atom. The summed E-state index contributed by atoms with van der Waals surface area (Å²) in [4.78, 5) is 26.1. The Hall–Kier alpha value is -3.48. The van der Waals surface area contributed by atoms with Crippen LogP contribution in [-0.4, -0.2) is 22.2 Å². The Labute approximate surface area is 193 Å². The van der Waals surface area contributed by atoms with Crippen LogP contribution in [0.2, 0.25) is 0 Å². The molecule has 0 radical (unpaired) electrons. The van der Waals surface area contributed by atoms with Crippen LogP contribution in [0.5, 0.6) is 0 Å². The first-order valence-corrected chi connectivity index (χ1v) is 11.3. The first-order chi connectivity index (χ1) is 15.5. The number of benzene rings is 4. The standard InChI is InChI=1S/C26H18O4S2/c27-25(28)19-5-13-23(14-6-19)31-21-9-1-17(2-10-21)18-3-11-22(12-4-18)32-24-15-7-20(8-16-24)26(29)30/h1-16H,(H,27,28)(H,29,30). The maximum Gasteiger partial charge on any atom is 0.335 e. The van der Waals surface area contributed by atoms with Gasteiger partial charge in [-0.3, -0.25) is 0 Å². The summed E-state index contributed by atoms with van der Waals surface area (Å²) in [6, 6.07) is 30.2. The third-order valence-corrected chi connectivity index (χ3v) is 6.75. The van der Waals surface area contributed by atoms with Crippen LogP contribution in [0.25, 0.3) is 11.1 Å². The smallest absolute Gasteiger partial charge is 0.335 e. The number of carbonyl (C=O) groups is 2. The molecule has 32 heavy (non-hydrogen) atoms. The molecule has 0 saturated heterocycles.